The summed E-state index contributed by atoms with van der Waals surface area (Å²) in [7, 11) is -0.817. The van der Waals surface area contributed by atoms with E-state index in [1.807, 2.05) is 0 Å². The highest BCUT2D eigenvalue weighted by Crippen LogP contribution is 2.55. The molecule has 1 unspecified atom stereocenters. The van der Waals surface area contributed by atoms with Gasteiger partial charge in [-0.15, -0.1) is 0 Å². The monoisotopic (exact) mass is 520 g/mol. The predicted molar refractivity (Wildman–Crippen MR) is 160 cm³/mol. The predicted octanol–water partition coefficient (Wildman–Crippen LogP) is 7.58. The Labute approximate surface area is 228 Å². The topological polar surface area (TPSA) is 18.5 Å². The van der Waals surface area contributed by atoms with Gasteiger partial charge in [-0.3, -0.25) is 0 Å². The summed E-state index contributed by atoms with van der Waals surface area (Å²) in [6.07, 6.45) is 1.61. The summed E-state index contributed by atoms with van der Waals surface area (Å²) < 4.78 is 14.1. The van der Waals surface area contributed by atoms with Crippen molar-refractivity contribution in [1.82, 2.24) is 0 Å². The minimum absolute atomic E-state index is 0.0678. The van der Waals surface area contributed by atoms with E-state index in [0.29, 0.717) is 0 Å². The van der Waals surface area contributed by atoms with Crippen molar-refractivity contribution in [3.05, 3.63) is 113 Å². The molecule has 0 bridgehead atoms. The molecule has 0 amide bonds. The molecular weight excluding hydrogens is 483 g/mol. The Bertz CT molecular complexity index is 1450. The smallest absolute Gasteiger partial charge is 0.253 e. The molecule has 38 heavy (non-hydrogen) atoms. The molecule has 1 spiro atoms. The van der Waals surface area contributed by atoms with Crippen LogP contribution in [0.4, 0.5) is 0 Å². The first-order valence-electron chi connectivity index (χ1n) is 13.6. The molecule has 0 radical (unpaired) electrons. The number of ether oxygens (including phenoxy) is 2. The Morgan fingerprint density at radius 1 is 0.605 bits per heavy atom. The fourth-order valence-corrected chi connectivity index (χ4v) is 9.02. The van der Waals surface area contributed by atoms with E-state index in [1.165, 1.54) is 38.2 Å². The molecule has 0 saturated carbocycles. The molecule has 2 nitrogen and oxygen atoms in total. The van der Waals surface area contributed by atoms with Crippen LogP contribution in [0.5, 0.6) is 11.5 Å². The third kappa shape index (κ3) is 4.34. The van der Waals surface area contributed by atoms with Crippen molar-refractivity contribution in [3.8, 4) is 11.5 Å². The molecule has 0 saturated heterocycles. The molecule has 0 N–H and O–H groups in total. The lowest BCUT2D eigenvalue weighted by Crippen LogP contribution is -2.56. The second-order valence-corrected chi connectivity index (χ2v) is 14.6. The Balaban J connectivity index is 1.55. The summed E-state index contributed by atoms with van der Waals surface area (Å²) in [4.78, 5) is 0. The minimum atomic E-state index is -0.817. The molecule has 4 aromatic carbocycles. The average molecular weight is 521 g/mol. The van der Waals surface area contributed by atoms with Gasteiger partial charge < -0.3 is 9.47 Å². The van der Waals surface area contributed by atoms with Crippen LogP contribution in [-0.2, 0) is 10.8 Å². The molecule has 2 aliphatic rings. The fourth-order valence-electron chi connectivity index (χ4n) is 6.52. The fraction of sp³-hybridized carbons (Fsp3) is 0.314. The summed E-state index contributed by atoms with van der Waals surface area (Å²) in [6.45, 7) is 13.7. The zero-order valence-electron chi connectivity index (χ0n) is 23.3. The Hall–Kier alpha value is -3.09. The summed E-state index contributed by atoms with van der Waals surface area (Å²) in [5, 5.41) is 3.93. The lowest BCUT2D eigenvalue weighted by molar-refractivity contribution is -0.165. The molecule has 194 valence electrons. The van der Waals surface area contributed by atoms with E-state index in [-0.39, 0.29) is 10.8 Å². The molecule has 2 heterocycles. The SMILES string of the molecule is Cc1ccc2c(c1)C(C)(C)CC1(CC(C)(C)c3cc(C)cc(P(c4ccccc4)c4ccccc4)c3O1)O2. The first-order chi connectivity index (χ1) is 18.1. The van der Waals surface area contributed by atoms with Crippen LogP contribution < -0.4 is 25.4 Å². The molecular formula is C35H37O2P. The van der Waals surface area contributed by atoms with Crippen molar-refractivity contribution in [2.45, 2.75) is 71.0 Å². The lowest BCUT2D eigenvalue weighted by atomic mass is 9.69. The van der Waals surface area contributed by atoms with Gasteiger partial charge in [0.25, 0.3) is 5.79 Å². The van der Waals surface area contributed by atoms with Crippen molar-refractivity contribution in [3.63, 3.8) is 0 Å². The highest BCUT2D eigenvalue weighted by Gasteiger charge is 2.54. The highest BCUT2D eigenvalue weighted by atomic mass is 31.1. The van der Waals surface area contributed by atoms with Gasteiger partial charge in [0.1, 0.15) is 11.5 Å². The highest BCUT2D eigenvalue weighted by molar-refractivity contribution is 7.80. The van der Waals surface area contributed by atoms with Gasteiger partial charge in [0.15, 0.2) is 0 Å². The van der Waals surface area contributed by atoms with E-state index in [1.54, 1.807) is 0 Å². The standard InChI is InChI=1S/C35H37O2P/c1-24-17-18-30-28(19-24)33(3,4)22-35(36-30)23-34(5,6)29-20-25(2)21-31(32(29)37-35)38(26-13-9-7-10-14-26)27-15-11-8-12-16-27/h7-21H,22-23H2,1-6H3. The van der Waals surface area contributed by atoms with Crippen LogP contribution in [0.3, 0.4) is 0 Å². The Morgan fingerprint density at radius 3 is 1.76 bits per heavy atom. The molecule has 1 atom stereocenters. The number of hydrogen-bond donors (Lipinski definition) is 0. The first-order valence-corrected chi connectivity index (χ1v) is 15.0. The molecule has 3 heteroatoms. The van der Waals surface area contributed by atoms with E-state index in [4.69, 9.17) is 9.47 Å². The molecule has 6 rings (SSSR count). The van der Waals surface area contributed by atoms with Gasteiger partial charge in [0.2, 0.25) is 0 Å². The number of hydrogen-bond acceptors (Lipinski definition) is 2. The molecule has 0 fully saturated rings. The summed E-state index contributed by atoms with van der Waals surface area (Å²) in [6, 6.07) is 33.1. The number of rotatable bonds is 3. The van der Waals surface area contributed by atoms with Gasteiger partial charge in [-0.1, -0.05) is 112 Å². The maximum Gasteiger partial charge on any atom is 0.253 e. The van der Waals surface area contributed by atoms with E-state index >= 15 is 0 Å². The zero-order chi connectivity index (χ0) is 26.7. The van der Waals surface area contributed by atoms with Crippen LogP contribution in [-0.4, -0.2) is 5.79 Å². The normalized spacial score (nSPS) is 20.8. The minimum Gasteiger partial charge on any atom is -0.452 e. The van der Waals surface area contributed by atoms with Crippen molar-refractivity contribution >= 4 is 23.8 Å². The third-order valence-corrected chi connectivity index (χ3v) is 10.5. The second-order valence-electron chi connectivity index (χ2n) is 12.4. The first kappa shape index (κ1) is 25.2. The summed E-state index contributed by atoms with van der Waals surface area (Å²) >= 11 is 0. The second kappa shape index (κ2) is 8.99. The summed E-state index contributed by atoms with van der Waals surface area (Å²) in [5.41, 5.74) is 4.92. The van der Waals surface area contributed by atoms with Crippen LogP contribution >= 0.6 is 7.92 Å². The lowest BCUT2D eigenvalue weighted by Gasteiger charge is -2.52. The van der Waals surface area contributed by atoms with Crippen LogP contribution in [0.2, 0.25) is 0 Å². The number of fused-ring (bicyclic) bond motifs is 2. The van der Waals surface area contributed by atoms with Gasteiger partial charge in [0, 0.05) is 40.1 Å². The number of aryl methyl sites for hydroxylation is 2. The van der Waals surface area contributed by atoms with Crippen molar-refractivity contribution in [1.29, 1.82) is 0 Å². The van der Waals surface area contributed by atoms with Gasteiger partial charge in [-0.25, -0.2) is 0 Å². The van der Waals surface area contributed by atoms with Gasteiger partial charge in [-0.05, 0) is 50.1 Å². The van der Waals surface area contributed by atoms with Gasteiger partial charge >= 0.3 is 0 Å². The maximum absolute atomic E-state index is 7.22. The Kier molecular flexibility index (Phi) is 5.96. The number of benzene rings is 4. The van der Waals surface area contributed by atoms with Crippen LogP contribution in [0.15, 0.2) is 91.0 Å². The molecule has 0 aromatic heterocycles. The summed E-state index contributed by atoms with van der Waals surface area (Å²) in [5.74, 6) is 1.24. The molecule has 2 aliphatic heterocycles. The van der Waals surface area contributed by atoms with Crippen LogP contribution in [0.25, 0.3) is 0 Å². The van der Waals surface area contributed by atoms with E-state index < -0.39 is 13.7 Å². The molecule has 0 aliphatic carbocycles. The van der Waals surface area contributed by atoms with Gasteiger partial charge in [-0.2, -0.15) is 0 Å². The third-order valence-electron chi connectivity index (χ3n) is 8.08. The maximum atomic E-state index is 7.22. The van der Waals surface area contributed by atoms with Gasteiger partial charge in [0.05, 0.1) is 0 Å². The van der Waals surface area contributed by atoms with Crippen molar-refractivity contribution in [2.24, 2.45) is 0 Å². The van der Waals surface area contributed by atoms with Crippen LogP contribution in [0.1, 0.15) is 62.8 Å². The quantitative estimate of drug-likeness (QED) is 0.259. The van der Waals surface area contributed by atoms with Crippen molar-refractivity contribution < 1.29 is 9.47 Å². The average Bonchev–Trinajstić information content (AvgIpc) is 2.86. The van der Waals surface area contributed by atoms with Crippen LogP contribution in [0, 0.1) is 13.8 Å². The molecule has 4 aromatic rings. The van der Waals surface area contributed by atoms with E-state index in [2.05, 4.69) is 133 Å². The Morgan fingerprint density at radius 2 is 1.16 bits per heavy atom. The van der Waals surface area contributed by atoms with E-state index in [9.17, 15) is 0 Å². The zero-order valence-corrected chi connectivity index (χ0v) is 24.2. The van der Waals surface area contributed by atoms with E-state index in [0.717, 1.165) is 24.3 Å². The van der Waals surface area contributed by atoms with Crippen molar-refractivity contribution in [2.75, 3.05) is 0 Å². The largest absolute Gasteiger partial charge is 0.452 e.